The van der Waals surface area contributed by atoms with E-state index in [1.165, 1.54) is 25.7 Å². The number of benzene rings is 2. The summed E-state index contributed by atoms with van der Waals surface area (Å²) >= 11 is 0. The normalized spacial score (nSPS) is 14.6. The third-order valence-electron chi connectivity index (χ3n) is 10.1. The zero-order valence-corrected chi connectivity index (χ0v) is 30.8. The predicted molar refractivity (Wildman–Crippen MR) is 209 cm³/mol. The van der Waals surface area contributed by atoms with Gasteiger partial charge in [0.1, 0.15) is 22.7 Å². The monoisotopic (exact) mass is 710 g/mol. The molecule has 0 spiro atoms. The number of anilines is 1. The average Bonchev–Trinajstić information content (AvgIpc) is 4.00. The van der Waals surface area contributed by atoms with Gasteiger partial charge in [0, 0.05) is 74.6 Å². The minimum atomic E-state index is -0.0146. The van der Waals surface area contributed by atoms with Crippen LogP contribution in [-0.2, 0) is 0 Å². The van der Waals surface area contributed by atoms with Crippen LogP contribution in [0.1, 0.15) is 95.6 Å². The fourth-order valence-electron chi connectivity index (χ4n) is 7.51. The van der Waals surface area contributed by atoms with Gasteiger partial charge in [-0.2, -0.15) is 9.97 Å². The van der Waals surface area contributed by atoms with E-state index in [4.69, 9.17) is 15.7 Å². The SMILES string of the molecule is CN(C)C(=O)c1cc2cnc(N)nc2n1C1CCCC1.CN(C)C(=O)c1cc2cnc(N=C(c3ccccc3)c3ccccc3)nc2n1C1CCCC1. The number of carbonyl (C=O) groups is 2. The van der Waals surface area contributed by atoms with E-state index in [9.17, 15) is 9.59 Å². The number of fused-ring (bicyclic) bond motifs is 2. The highest BCUT2D eigenvalue weighted by atomic mass is 16.2. The second-order valence-corrected chi connectivity index (χ2v) is 14.2. The predicted octanol–water partition coefficient (Wildman–Crippen LogP) is 7.25. The maximum atomic E-state index is 13.0. The maximum Gasteiger partial charge on any atom is 0.270 e. The largest absolute Gasteiger partial charge is 0.368 e. The second-order valence-electron chi connectivity index (χ2n) is 14.2. The Morgan fingerprint density at radius 2 is 1.09 bits per heavy atom. The van der Waals surface area contributed by atoms with Crippen LogP contribution in [0.5, 0.6) is 0 Å². The Kier molecular flexibility index (Phi) is 10.3. The molecule has 0 radical (unpaired) electrons. The lowest BCUT2D eigenvalue weighted by molar-refractivity contribution is 0.0808. The Bertz CT molecular complexity index is 2220. The zero-order chi connectivity index (χ0) is 37.1. The summed E-state index contributed by atoms with van der Waals surface area (Å²) in [5, 5.41) is 1.74. The number of nitrogen functional groups attached to an aromatic ring is 1. The molecule has 12 nitrogen and oxygen atoms in total. The first-order valence-electron chi connectivity index (χ1n) is 18.3. The van der Waals surface area contributed by atoms with Gasteiger partial charge in [0.05, 0.1) is 5.71 Å². The molecule has 2 N–H and O–H groups in total. The summed E-state index contributed by atoms with van der Waals surface area (Å²) in [7, 11) is 7.09. The number of rotatable bonds is 7. The number of carbonyl (C=O) groups excluding carboxylic acids is 2. The van der Waals surface area contributed by atoms with E-state index in [-0.39, 0.29) is 23.8 Å². The van der Waals surface area contributed by atoms with Crippen LogP contribution in [0, 0.1) is 0 Å². The van der Waals surface area contributed by atoms with Crippen molar-refractivity contribution in [1.82, 2.24) is 38.9 Å². The molecule has 0 atom stereocenters. The highest BCUT2D eigenvalue weighted by Gasteiger charge is 2.28. The fraction of sp³-hybridized carbons (Fsp3) is 0.341. The van der Waals surface area contributed by atoms with Gasteiger partial charge in [-0.05, 0) is 37.8 Å². The second kappa shape index (κ2) is 15.4. The van der Waals surface area contributed by atoms with Crippen molar-refractivity contribution < 1.29 is 9.59 Å². The molecule has 2 fully saturated rings. The summed E-state index contributed by atoms with van der Waals surface area (Å²) in [6.07, 6.45) is 12.5. The van der Waals surface area contributed by atoms with Crippen LogP contribution >= 0.6 is 0 Å². The molecule has 2 saturated carbocycles. The van der Waals surface area contributed by atoms with E-state index >= 15 is 0 Å². The standard InChI is InChI=1S/C27H27N5O.C14H19N5O/c1-31(2)26(33)23-17-21-18-28-27(30-25(21)32(23)22-15-9-10-16-22)29-24(19-11-5-3-6-12-19)20-13-7-4-8-14-20;1-18(2)13(20)11-7-9-8-16-14(15)17-12(9)19(11)10-5-3-4-6-10/h3-8,11-14,17-18,22H,9-10,15-16H2,1-2H3;7-8,10H,3-6H2,1-2H3,(H2,15,16,17). The van der Waals surface area contributed by atoms with E-state index in [1.54, 1.807) is 50.4 Å². The fourth-order valence-corrected chi connectivity index (χ4v) is 7.51. The molecule has 0 saturated heterocycles. The van der Waals surface area contributed by atoms with Gasteiger partial charge >= 0.3 is 0 Å². The van der Waals surface area contributed by atoms with Gasteiger partial charge in [-0.15, -0.1) is 0 Å². The molecule has 2 aliphatic carbocycles. The molecule has 2 amide bonds. The van der Waals surface area contributed by atoms with Crippen molar-refractivity contribution in [2.24, 2.45) is 4.99 Å². The van der Waals surface area contributed by atoms with Crippen molar-refractivity contribution in [3.05, 3.63) is 108 Å². The van der Waals surface area contributed by atoms with E-state index in [1.807, 2.05) is 72.8 Å². The first-order valence-corrected chi connectivity index (χ1v) is 18.3. The molecule has 0 aliphatic heterocycles. The zero-order valence-electron chi connectivity index (χ0n) is 30.8. The number of hydrogen-bond acceptors (Lipinski definition) is 8. The molecule has 272 valence electrons. The van der Waals surface area contributed by atoms with Crippen LogP contribution in [0.25, 0.3) is 22.1 Å². The summed E-state index contributed by atoms with van der Waals surface area (Å²) in [6.45, 7) is 0. The molecule has 4 heterocycles. The lowest BCUT2D eigenvalue weighted by Crippen LogP contribution is -2.25. The highest BCUT2D eigenvalue weighted by molar-refractivity contribution is 6.13. The molecule has 0 unspecified atom stereocenters. The van der Waals surface area contributed by atoms with Gasteiger partial charge < -0.3 is 24.7 Å². The smallest absolute Gasteiger partial charge is 0.270 e. The van der Waals surface area contributed by atoms with E-state index in [0.717, 1.165) is 64.6 Å². The van der Waals surface area contributed by atoms with Crippen LogP contribution in [0.2, 0.25) is 0 Å². The molecule has 0 bridgehead atoms. The molecule has 6 aromatic rings. The van der Waals surface area contributed by atoms with Crippen molar-refractivity contribution in [2.45, 2.75) is 63.5 Å². The van der Waals surface area contributed by atoms with Gasteiger partial charge in [0.25, 0.3) is 17.8 Å². The number of aliphatic imine (C=N–C) groups is 1. The molecular weight excluding hydrogens is 665 g/mol. The topological polar surface area (TPSA) is 140 Å². The van der Waals surface area contributed by atoms with Crippen molar-refractivity contribution in [2.75, 3.05) is 33.9 Å². The molecule has 2 aliphatic rings. The van der Waals surface area contributed by atoms with E-state index in [2.05, 4.69) is 24.1 Å². The molecular formula is C41H46N10O2. The number of nitrogens with two attached hydrogens (primary N) is 1. The Morgan fingerprint density at radius 3 is 1.55 bits per heavy atom. The van der Waals surface area contributed by atoms with Crippen molar-refractivity contribution in [3.63, 3.8) is 0 Å². The third kappa shape index (κ3) is 7.39. The summed E-state index contributed by atoms with van der Waals surface area (Å²) in [4.78, 5) is 51.2. The first-order chi connectivity index (χ1) is 25.7. The van der Waals surface area contributed by atoms with E-state index < -0.39 is 0 Å². The minimum absolute atomic E-state index is 0.00604. The number of nitrogens with zero attached hydrogens (tertiary/aromatic N) is 9. The Balaban J connectivity index is 0.000000186. The average molecular weight is 711 g/mol. The third-order valence-corrected chi connectivity index (χ3v) is 10.1. The Labute approximate surface area is 309 Å². The first kappa shape index (κ1) is 35.5. The molecule has 12 heteroatoms. The van der Waals surface area contributed by atoms with Crippen LogP contribution in [0.15, 0.2) is 90.2 Å². The van der Waals surface area contributed by atoms with Crippen molar-refractivity contribution in [1.29, 1.82) is 0 Å². The van der Waals surface area contributed by atoms with Crippen LogP contribution in [-0.4, -0.2) is 84.6 Å². The lowest BCUT2D eigenvalue weighted by Gasteiger charge is -2.18. The van der Waals surface area contributed by atoms with Gasteiger partial charge in [-0.25, -0.2) is 15.0 Å². The molecule has 8 rings (SSSR count). The molecule has 53 heavy (non-hydrogen) atoms. The lowest BCUT2D eigenvalue weighted by atomic mass is 10.0. The number of amides is 2. The summed E-state index contributed by atoms with van der Waals surface area (Å²) in [5.41, 5.74) is 11.4. The Hall–Kier alpha value is -5.91. The Morgan fingerprint density at radius 1 is 0.660 bits per heavy atom. The van der Waals surface area contributed by atoms with Crippen molar-refractivity contribution in [3.8, 4) is 0 Å². The van der Waals surface area contributed by atoms with Gasteiger partial charge in [-0.3, -0.25) is 9.59 Å². The number of aromatic nitrogens is 6. The van der Waals surface area contributed by atoms with Gasteiger partial charge in [0.15, 0.2) is 0 Å². The highest BCUT2D eigenvalue weighted by Crippen LogP contribution is 2.36. The van der Waals surface area contributed by atoms with E-state index in [0.29, 0.717) is 23.4 Å². The van der Waals surface area contributed by atoms with Crippen molar-refractivity contribution >= 4 is 51.5 Å². The summed E-state index contributed by atoms with van der Waals surface area (Å²) < 4.78 is 4.18. The van der Waals surface area contributed by atoms with Crippen LogP contribution in [0.4, 0.5) is 11.9 Å². The molecule has 4 aromatic heterocycles. The van der Waals surface area contributed by atoms with Crippen LogP contribution < -0.4 is 5.73 Å². The number of hydrogen-bond donors (Lipinski definition) is 1. The maximum absolute atomic E-state index is 13.0. The quantitative estimate of drug-likeness (QED) is 0.172. The summed E-state index contributed by atoms with van der Waals surface area (Å²) in [5.74, 6) is 0.623. The summed E-state index contributed by atoms with van der Waals surface area (Å²) in [6, 6.07) is 24.6. The van der Waals surface area contributed by atoms with Gasteiger partial charge in [-0.1, -0.05) is 86.3 Å². The minimum Gasteiger partial charge on any atom is -0.368 e. The molecule has 2 aromatic carbocycles. The van der Waals surface area contributed by atoms with Gasteiger partial charge in [0.2, 0.25) is 5.95 Å². The van der Waals surface area contributed by atoms with Crippen LogP contribution in [0.3, 0.4) is 0 Å².